The summed E-state index contributed by atoms with van der Waals surface area (Å²) in [4.78, 5) is 7.71. The van der Waals surface area contributed by atoms with Crippen molar-refractivity contribution in [2.75, 3.05) is 12.8 Å². The molecule has 0 fully saturated rings. The van der Waals surface area contributed by atoms with Crippen molar-refractivity contribution in [3.8, 4) is 17.0 Å². The van der Waals surface area contributed by atoms with Gasteiger partial charge in [0.1, 0.15) is 5.75 Å². The molecule has 0 saturated carbocycles. The third-order valence-electron chi connectivity index (χ3n) is 2.97. The highest BCUT2D eigenvalue weighted by molar-refractivity contribution is 7.13. The molecule has 0 aliphatic rings. The molecule has 0 radical (unpaired) electrons. The van der Waals surface area contributed by atoms with Crippen molar-refractivity contribution < 1.29 is 4.74 Å². The Morgan fingerprint density at radius 2 is 2.22 bits per heavy atom. The first-order chi connectivity index (χ1) is 8.69. The molecule has 0 atom stereocenters. The molecule has 1 aromatic carbocycles. The number of ether oxygens (including phenoxy) is 1. The molecule has 0 saturated heterocycles. The van der Waals surface area contributed by atoms with Crippen LogP contribution in [-0.2, 0) is 0 Å². The third kappa shape index (κ3) is 1.64. The average Bonchev–Trinajstić information content (AvgIpc) is 2.90. The van der Waals surface area contributed by atoms with E-state index in [0.717, 1.165) is 33.6 Å². The fraction of sp³-hybridized carbons (Fsp3) is 0.154. The molecule has 3 aromatic rings. The molecular formula is C13H13N3OS. The summed E-state index contributed by atoms with van der Waals surface area (Å²) >= 11 is 1.45. The fourth-order valence-electron chi connectivity index (χ4n) is 2.17. The first-order valence-corrected chi connectivity index (χ1v) is 6.44. The third-order valence-corrected chi connectivity index (χ3v) is 3.65. The van der Waals surface area contributed by atoms with Crippen LogP contribution < -0.4 is 10.5 Å². The van der Waals surface area contributed by atoms with Crippen molar-refractivity contribution in [1.82, 2.24) is 9.97 Å². The maximum atomic E-state index is 5.71. The second kappa shape index (κ2) is 4.03. The summed E-state index contributed by atoms with van der Waals surface area (Å²) in [6.45, 7) is 2.04. The topological polar surface area (TPSA) is 63.9 Å². The van der Waals surface area contributed by atoms with Gasteiger partial charge in [0.25, 0.3) is 0 Å². The minimum atomic E-state index is 0.585. The van der Waals surface area contributed by atoms with Crippen LogP contribution in [0.1, 0.15) is 5.69 Å². The number of thiazole rings is 1. The Labute approximate surface area is 108 Å². The van der Waals surface area contributed by atoms with Gasteiger partial charge in [0.15, 0.2) is 5.13 Å². The van der Waals surface area contributed by atoms with Gasteiger partial charge in [0.05, 0.1) is 12.8 Å². The molecule has 3 N–H and O–H groups in total. The van der Waals surface area contributed by atoms with E-state index in [1.165, 1.54) is 11.3 Å². The van der Waals surface area contributed by atoms with Crippen molar-refractivity contribution in [2.45, 2.75) is 6.92 Å². The first-order valence-electron chi connectivity index (χ1n) is 5.56. The van der Waals surface area contributed by atoms with Crippen molar-refractivity contribution in [3.63, 3.8) is 0 Å². The standard InChI is InChI=1S/C13H13N3OS/c1-7-12(11-6-18-13(14)16-11)9-5-8(17-2)3-4-10(9)15-7/h3-6,15H,1-2H3,(H2,14,16). The maximum Gasteiger partial charge on any atom is 0.180 e. The quantitative estimate of drug-likeness (QED) is 0.743. The maximum absolute atomic E-state index is 5.71. The second-order valence-corrected chi connectivity index (χ2v) is 5.00. The molecule has 0 aliphatic heterocycles. The van der Waals surface area contributed by atoms with E-state index in [2.05, 4.69) is 9.97 Å². The summed E-state index contributed by atoms with van der Waals surface area (Å²) in [6.07, 6.45) is 0. The first kappa shape index (κ1) is 11.1. The zero-order valence-electron chi connectivity index (χ0n) is 10.2. The normalized spacial score (nSPS) is 11.0. The molecule has 5 heteroatoms. The van der Waals surface area contributed by atoms with Gasteiger partial charge < -0.3 is 15.5 Å². The predicted molar refractivity (Wildman–Crippen MR) is 75.1 cm³/mol. The number of hydrogen-bond donors (Lipinski definition) is 2. The number of methoxy groups -OCH3 is 1. The van der Waals surface area contributed by atoms with Crippen LogP contribution in [0.4, 0.5) is 5.13 Å². The SMILES string of the molecule is COc1ccc2[nH]c(C)c(-c3csc(N)n3)c2c1. The minimum absolute atomic E-state index is 0.585. The van der Waals surface area contributed by atoms with Gasteiger partial charge in [-0.25, -0.2) is 4.98 Å². The molecule has 0 spiro atoms. The van der Waals surface area contributed by atoms with E-state index in [1.807, 2.05) is 30.5 Å². The van der Waals surface area contributed by atoms with E-state index in [4.69, 9.17) is 10.5 Å². The highest BCUT2D eigenvalue weighted by atomic mass is 32.1. The summed E-state index contributed by atoms with van der Waals surface area (Å²) in [5.74, 6) is 0.839. The lowest BCUT2D eigenvalue weighted by Crippen LogP contribution is -1.84. The number of anilines is 1. The Morgan fingerprint density at radius 1 is 1.39 bits per heavy atom. The van der Waals surface area contributed by atoms with Crippen LogP contribution in [0.3, 0.4) is 0 Å². The van der Waals surface area contributed by atoms with Crippen LogP contribution in [0.5, 0.6) is 5.75 Å². The highest BCUT2D eigenvalue weighted by Crippen LogP contribution is 2.34. The summed E-state index contributed by atoms with van der Waals surface area (Å²) in [5, 5.41) is 3.67. The Bertz CT molecular complexity index is 714. The number of aromatic amines is 1. The number of nitrogens with zero attached hydrogens (tertiary/aromatic N) is 1. The zero-order chi connectivity index (χ0) is 12.7. The number of rotatable bonds is 2. The Kier molecular flexibility index (Phi) is 2.48. The van der Waals surface area contributed by atoms with Crippen molar-refractivity contribution in [1.29, 1.82) is 0 Å². The molecule has 0 bridgehead atoms. The van der Waals surface area contributed by atoms with Crippen LogP contribution in [0.25, 0.3) is 22.2 Å². The molecule has 0 aliphatic carbocycles. The number of H-pyrrole nitrogens is 1. The van der Waals surface area contributed by atoms with E-state index in [1.54, 1.807) is 7.11 Å². The average molecular weight is 259 g/mol. The number of nitrogen functional groups attached to an aromatic ring is 1. The van der Waals surface area contributed by atoms with Crippen LogP contribution in [0, 0.1) is 6.92 Å². The van der Waals surface area contributed by atoms with Gasteiger partial charge >= 0.3 is 0 Å². The molecule has 0 unspecified atom stereocenters. The monoisotopic (exact) mass is 259 g/mol. The molecule has 18 heavy (non-hydrogen) atoms. The van der Waals surface area contributed by atoms with E-state index >= 15 is 0 Å². The van der Waals surface area contributed by atoms with Gasteiger partial charge in [-0.05, 0) is 25.1 Å². The smallest absolute Gasteiger partial charge is 0.180 e. The summed E-state index contributed by atoms with van der Waals surface area (Å²) in [7, 11) is 1.67. The van der Waals surface area contributed by atoms with Gasteiger partial charge in [-0.15, -0.1) is 11.3 Å². The summed E-state index contributed by atoms with van der Waals surface area (Å²) < 4.78 is 5.27. The number of aryl methyl sites for hydroxylation is 1. The van der Waals surface area contributed by atoms with Gasteiger partial charge in [0.2, 0.25) is 0 Å². The lowest BCUT2D eigenvalue weighted by Gasteiger charge is -2.00. The Hall–Kier alpha value is -2.01. The van der Waals surface area contributed by atoms with Crippen molar-refractivity contribution in [2.24, 2.45) is 0 Å². The summed E-state index contributed by atoms with van der Waals surface area (Å²) in [5.41, 5.74) is 9.88. The molecule has 4 nitrogen and oxygen atoms in total. The van der Waals surface area contributed by atoms with E-state index < -0.39 is 0 Å². The predicted octanol–water partition coefficient (Wildman–Crippen LogP) is 3.19. The number of benzene rings is 1. The van der Waals surface area contributed by atoms with Crippen LogP contribution in [0.2, 0.25) is 0 Å². The number of aromatic nitrogens is 2. The number of fused-ring (bicyclic) bond motifs is 1. The fourth-order valence-corrected chi connectivity index (χ4v) is 2.72. The minimum Gasteiger partial charge on any atom is -0.497 e. The van der Waals surface area contributed by atoms with E-state index in [0.29, 0.717) is 5.13 Å². The molecule has 2 heterocycles. The lowest BCUT2D eigenvalue weighted by molar-refractivity contribution is 0.415. The molecule has 3 rings (SSSR count). The molecule has 0 amide bonds. The van der Waals surface area contributed by atoms with Crippen LogP contribution in [0.15, 0.2) is 23.6 Å². The van der Waals surface area contributed by atoms with Crippen molar-refractivity contribution in [3.05, 3.63) is 29.3 Å². The number of hydrogen-bond acceptors (Lipinski definition) is 4. The number of nitrogens with two attached hydrogens (primary N) is 1. The van der Waals surface area contributed by atoms with E-state index in [9.17, 15) is 0 Å². The zero-order valence-corrected chi connectivity index (χ0v) is 11.0. The molecule has 92 valence electrons. The van der Waals surface area contributed by atoms with Gasteiger partial charge in [-0.3, -0.25) is 0 Å². The van der Waals surface area contributed by atoms with Crippen LogP contribution in [-0.4, -0.2) is 17.1 Å². The van der Waals surface area contributed by atoms with Gasteiger partial charge in [0, 0.05) is 27.5 Å². The number of nitrogens with one attached hydrogen (secondary N) is 1. The van der Waals surface area contributed by atoms with Crippen molar-refractivity contribution >= 4 is 27.4 Å². The Balaban J connectivity index is 2.29. The molecular weight excluding hydrogens is 246 g/mol. The highest BCUT2D eigenvalue weighted by Gasteiger charge is 2.13. The van der Waals surface area contributed by atoms with E-state index in [-0.39, 0.29) is 0 Å². The molecule has 2 aromatic heterocycles. The lowest BCUT2D eigenvalue weighted by atomic mass is 10.1. The summed E-state index contributed by atoms with van der Waals surface area (Å²) in [6, 6.07) is 5.97. The second-order valence-electron chi connectivity index (χ2n) is 4.11. The van der Waals surface area contributed by atoms with Gasteiger partial charge in [-0.2, -0.15) is 0 Å². The Morgan fingerprint density at radius 3 is 2.89 bits per heavy atom. The largest absolute Gasteiger partial charge is 0.497 e. The van der Waals surface area contributed by atoms with Gasteiger partial charge in [-0.1, -0.05) is 0 Å². The van der Waals surface area contributed by atoms with Crippen LogP contribution >= 0.6 is 11.3 Å².